The van der Waals surface area contributed by atoms with Gasteiger partial charge in [0.25, 0.3) is 0 Å². The lowest BCUT2D eigenvalue weighted by Crippen LogP contribution is -2.16. The number of hydrogen-bond acceptors (Lipinski definition) is 7. The summed E-state index contributed by atoms with van der Waals surface area (Å²) < 4.78 is 45.5. The summed E-state index contributed by atoms with van der Waals surface area (Å²) in [5, 5.41) is 2.32. The van der Waals surface area contributed by atoms with Gasteiger partial charge in [-0.25, -0.2) is 22.4 Å². The van der Waals surface area contributed by atoms with E-state index in [9.17, 15) is 22.4 Å². The van der Waals surface area contributed by atoms with E-state index in [0.29, 0.717) is 0 Å². The summed E-state index contributed by atoms with van der Waals surface area (Å²) in [7, 11) is -1.40. The highest BCUT2D eigenvalue weighted by Crippen LogP contribution is 2.21. The molecule has 1 aromatic carbocycles. The van der Waals surface area contributed by atoms with Gasteiger partial charge < -0.3 is 14.8 Å². The van der Waals surface area contributed by atoms with Crippen LogP contribution in [-0.4, -0.2) is 40.8 Å². The van der Waals surface area contributed by atoms with Gasteiger partial charge in [0.2, 0.25) is 0 Å². The number of methoxy groups -OCH3 is 2. The number of benzene rings is 1. The molecule has 0 fully saturated rings. The van der Waals surface area contributed by atoms with Crippen LogP contribution >= 0.6 is 0 Å². The van der Waals surface area contributed by atoms with Crippen molar-refractivity contribution in [3.63, 3.8) is 0 Å². The van der Waals surface area contributed by atoms with Crippen molar-refractivity contribution in [1.82, 2.24) is 0 Å². The minimum atomic E-state index is -3.57. The van der Waals surface area contributed by atoms with Gasteiger partial charge in [-0.1, -0.05) is 0 Å². The Morgan fingerprint density at radius 3 is 2.36 bits per heavy atom. The number of carbonyl (C=O) groups excluding carboxylic acids is 2. The largest absolute Gasteiger partial charge is 0.466 e. The third-order valence-corrected chi connectivity index (χ3v) is 3.61. The first-order valence-electron chi connectivity index (χ1n) is 5.83. The summed E-state index contributed by atoms with van der Waals surface area (Å²) in [4.78, 5) is 22.6. The molecule has 0 amide bonds. The van der Waals surface area contributed by atoms with E-state index in [1.165, 1.54) is 0 Å². The van der Waals surface area contributed by atoms with E-state index in [0.717, 1.165) is 44.8 Å². The summed E-state index contributed by atoms with van der Waals surface area (Å²) in [6, 6.07) is 3.00. The highest BCUT2D eigenvalue weighted by molar-refractivity contribution is 7.90. The number of sulfone groups is 1. The molecule has 9 heteroatoms. The van der Waals surface area contributed by atoms with Crippen LogP contribution in [0.3, 0.4) is 0 Å². The van der Waals surface area contributed by atoms with Crippen molar-refractivity contribution in [2.75, 3.05) is 25.8 Å². The molecule has 22 heavy (non-hydrogen) atoms. The van der Waals surface area contributed by atoms with Gasteiger partial charge in [0.15, 0.2) is 9.84 Å². The summed E-state index contributed by atoms with van der Waals surface area (Å²) in [6.45, 7) is 0. The van der Waals surface area contributed by atoms with E-state index in [4.69, 9.17) is 0 Å². The Labute approximate surface area is 126 Å². The Kier molecular flexibility index (Phi) is 5.63. The van der Waals surface area contributed by atoms with E-state index in [-0.39, 0.29) is 10.6 Å². The minimum Gasteiger partial charge on any atom is -0.466 e. The van der Waals surface area contributed by atoms with E-state index in [2.05, 4.69) is 14.8 Å². The summed E-state index contributed by atoms with van der Waals surface area (Å²) in [5.74, 6) is -2.63. The van der Waals surface area contributed by atoms with Crippen LogP contribution in [0.5, 0.6) is 0 Å². The average Bonchev–Trinajstić information content (AvgIpc) is 2.46. The minimum absolute atomic E-state index is 0.154. The molecule has 0 aliphatic rings. The van der Waals surface area contributed by atoms with Gasteiger partial charge in [-0.2, -0.15) is 0 Å². The summed E-state index contributed by atoms with van der Waals surface area (Å²) in [5.41, 5.74) is -0.706. The van der Waals surface area contributed by atoms with Crippen LogP contribution in [0, 0.1) is 5.82 Å². The zero-order valence-corrected chi connectivity index (χ0v) is 12.9. The second-order valence-electron chi connectivity index (χ2n) is 4.11. The van der Waals surface area contributed by atoms with Crippen molar-refractivity contribution < 1.29 is 31.9 Å². The van der Waals surface area contributed by atoms with Gasteiger partial charge in [0.1, 0.15) is 11.5 Å². The van der Waals surface area contributed by atoms with Crippen LogP contribution in [0.1, 0.15) is 0 Å². The number of halogens is 1. The number of rotatable bonds is 5. The van der Waals surface area contributed by atoms with Crippen molar-refractivity contribution in [3.05, 3.63) is 35.8 Å². The molecule has 0 saturated carbocycles. The lowest BCUT2D eigenvalue weighted by molar-refractivity contribution is -0.138. The second kappa shape index (κ2) is 7.03. The molecule has 0 aromatic heterocycles. The fourth-order valence-electron chi connectivity index (χ4n) is 1.41. The smallest absolute Gasteiger partial charge is 0.354 e. The Bertz CT molecular complexity index is 726. The molecule has 1 N–H and O–H groups in total. The first-order valence-corrected chi connectivity index (χ1v) is 7.72. The quantitative estimate of drug-likeness (QED) is 0.485. The first-order chi connectivity index (χ1) is 10.2. The van der Waals surface area contributed by atoms with Crippen LogP contribution in [-0.2, 0) is 28.9 Å². The number of anilines is 1. The molecule has 0 aliphatic carbocycles. The Hall–Kier alpha value is -2.42. The first kappa shape index (κ1) is 17.6. The maximum Gasteiger partial charge on any atom is 0.354 e. The molecular weight excluding hydrogens is 317 g/mol. The number of nitrogens with one attached hydrogen (secondary N) is 1. The molecule has 0 saturated heterocycles. The van der Waals surface area contributed by atoms with E-state index in [1.54, 1.807) is 0 Å². The van der Waals surface area contributed by atoms with Crippen molar-refractivity contribution >= 4 is 27.5 Å². The molecule has 0 heterocycles. The van der Waals surface area contributed by atoms with Gasteiger partial charge in [0, 0.05) is 6.26 Å². The fourth-order valence-corrected chi connectivity index (χ4v) is 2.06. The number of ether oxygens (including phenoxy) is 2. The standard InChI is InChI=1S/C13H14FNO6S/c1-20-12(16)7-11(13(17)21-2)15-10-6-8(22(3,18)19)4-5-9(10)14/h4-7,15H,1-3H3/b11-7+. The van der Waals surface area contributed by atoms with Gasteiger partial charge in [-0.15, -0.1) is 0 Å². The van der Waals surface area contributed by atoms with Crippen molar-refractivity contribution in [2.45, 2.75) is 4.90 Å². The molecule has 0 radical (unpaired) electrons. The van der Waals surface area contributed by atoms with Crippen molar-refractivity contribution in [3.8, 4) is 0 Å². The molecule has 1 rings (SSSR count). The van der Waals surface area contributed by atoms with Gasteiger partial charge >= 0.3 is 11.9 Å². The predicted molar refractivity (Wildman–Crippen MR) is 75.2 cm³/mol. The predicted octanol–water partition coefficient (Wildman–Crippen LogP) is 0.871. The van der Waals surface area contributed by atoms with Crippen LogP contribution in [0.4, 0.5) is 10.1 Å². The number of carbonyl (C=O) groups is 2. The molecule has 0 spiro atoms. The Morgan fingerprint density at radius 1 is 1.23 bits per heavy atom. The van der Waals surface area contributed by atoms with Gasteiger partial charge in [-0.05, 0) is 18.2 Å². The average molecular weight is 331 g/mol. The molecule has 0 bridgehead atoms. The Morgan fingerprint density at radius 2 is 1.86 bits per heavy atom. The summed E-state index contributed by atoms with van der Waals surface area (Å²) in [6.07, 6.45) is 1.72. The molecule has 120 valence electrons. The fraction of sp³-hybridized carbons (Fsp3) is 0.231. The molecule has 0 atom stereocenters. The molecule has 1 aromatic rings. The lowest BCUT2D eigenvalue weighted by Gasteiger charge is -2.11. The molecular formula is C13H14FNO6S. The van der Waals surface area contributed by atoms with E-state index >= 15 is 0 Å². The molecule has 7 nitrogen and oxygen atoms in total. The van der Waals surface area contributed by atoms with Crippen LogP contribution in [0.25, 0.3) is 0 Å². The van der Waals surface area contributed by atoms with Crippen LogP contribution in [0.2, 0.25) is 0 Å². The third-order valence-electron chi connectivity index (χ3n) is 2.50. The monoisotopic (exact) mass is 331 g/mol. The van der Waals surface area contributed by atoms with E-state index in [1.807, 2.05) is 0 Å². The molecule has 0 aliphatic heterocycles. The van der Waals surface area contributed by atoms with Crippen LogP contribution < -0.4 is 5.32 Å². The van der Waals surface area contributed by atoms with Crippen LogP contribution in [0.15, 0.2) is 34.9 Å². The topological polar surface area (TPSA) is 98.8 Å². The number of esters is 2. The van der Waals surface area contributed by atoms with E-state index < -0.39 is 33.3 Å². The third kappa shape index (κ3) is 4.55. The Balaban J connectivity index is 3.27. The second-order valence-corrected chi connectivity index (χ2v) is 6.13. The number of hydrogen-bond donors (Lipinski definition) is 1. The summed E-state index contributed by atoms with van der Waals surface area (Å²) >= 11 is 0. The van der Waals surface area contributed by atoms with Gasteiger partial charge in [-0.3, -0.25) is 0 Å². The molecule has 0 unspecified atom stereocenters. The maximum absolute atomic E-state index is 13.8. The van der Waals surface area contributed by atoms with Gasteiger partial charge in [0.05, 0.1) is 30.9 Å². The lowest BCUT2D eigenvalue weighted by atomic mass is 10.2. The zero-order valence-electron chi connectivity index (χ0n) is 12.0. The highest BCUT2D eigenvalue weighted by atomic mass is 32.2. The normalized spacial score (nSPS) is 11.7. The van der Waals surface area contributed by atoms with Crippen molar-refractivity contribution in [1.29, 1.82) is 0 Å². The SMILES string of the molecule is COC(=O)/C=C(/Nc1cc(S(C)(=O)=O)ccc1F)C(=O)OC. The highest BCUT2D eigenvalue weighted by Gasteiger charge is 2.17. The maximum atomic E-state index is 13.8. The zero-order chi connectivity index (χ0) is 16.9. The van der Waals surface area contributed by atoms with Crippen molar-refractivity contribution in [2.24, 2.45) is 0 Å².